The van der Waals surface area contributed by atoms with E-state index in [4.69, 9.17) is 5.84 Å². The predicted octanol–water partition coefficient (Wildman–Crippen LogP) is -0.777. The molecular weight excluding hydrogens is 304 g/mol. The van der Waals surface area contributed by atoms with Gasteiger partial charge in [0.25, 0.3) is 0 Å². The molecule has 1 aliphatic rings. The Kier molecular flexibility index (Phi) is 4.28. The van der Waals surface area contributed by atoms with Crippen LogP contribution in [0, 0.1) is 0 Å². The summed E-state index contributed by atoms with van der Waals surface area (Å²) in [6.45, 7) is 0. The first-order valence-corrected chi connectivity index (χ1v) is 9.29. The highest BCUT2D eigenvalue weighted by molar-refractivity contribution is 7.91. The zero-order valence-electron chi connectivity index (χ0n) is 10.6. The molecule has 0 saturated carbocycles. The Morgan fingerprint density at radius 3 is 2.80 bits per heavy atom. The Labute approximate surface area is 117 Å². The van der Waals surface area contributed by atoms with Gasteiger partial charge in [0, 0.05) is 12.2 Å². The maximum atomic E-state index is 12.2. The van der Waals surface area contributed by atoms with Crippen molar-refractivity contribution in [1.29, 1.82) is 0 Å². The smallest absolute Gasteiger partial charge is 0.244 e. The van der Waals surface area contributed by atoms with Crippen LogP contribution in [0.5, 0.6) is 0 Å². The van der Waals surface area contributed by atoms with E-state index >= 15 is 0 Å². The lowest BCUT2D eigenvalue weighted by atomic mass is 10.2. The Hall–Kier alpha value is -1.23. The average molecular weight is 320 g/mol. The number of pyridine rings is 1. The Morgan fingerprint density at radius 1 is 1.40 bits per heavy atom. The molecule has 2 heterocycles. The largest absolute Gasteiger partial charge is 0.307 e. The number of sulfone groups is 1. The van der Waals surface area contributed by atoms with E-state index in [0.717, 1.165) is 0 Å². The average Bonchev–Trinajstić information content (AvgIpc) is 2.37. The molecule has 0 aliphatic carbocycles. The van der Waals surface area contributed by atoms with Gasteiger partial charge in [-0.3, -0.25) is 0 Å². The van der Waals surface area contributed by atoms with Gasteiger partial charge in [-0.25, -0.2) is 32.4 Å². The van der Waals surface area contributed by atoms with Crippen molar-refractivity contribution in [1.82, 2.24) is 9.71 Å². The van der Waals surface area contributed by atoms with Crippen molar-refractivity contribution in [2.75, 3.05) is 16.9 Å². The van der Waals surface area contributed by atoms with Gasteiger partial charge >= 0.3 is 0 Å². The summed E-state index contributed by atoms with van der Waals surface area (Å²) < 4.78 is 50.0. The lowest BCUT2D eigenvalue weighted by Gasteiger charge is -2.23. The molecule has 1 unspecified atom stereocenters. The number of nitrogen functional groups attached to an aromatic ring is 1. The van der Waals surface area contributed by atoms with Gasteiger partial charge in [-0.2, -0.15) is 0 Å². The van der Waals surface area contributed by atoms with Gasteiger partial charge in [-0.05, 0) is 25.0 Å². The molecule has 20 heavy (non-hydrogen) atoms. The minimum atomic E-state index is -3.87. The summed E-state index contributed by atoms with van der Waals surface area (Å²) in [5, 5.41) is 0. The van der Waals surface area contributed by atoms with Crippen molar-refractivity contribution >= 4 is 25.7 Å². The molecule has 1 atom stereocenters. The topological polar surface area (TPSA) is 131 Å². The first kappa shape index (κ1) is 15.2. The SMILES string of the molecule is NNc1ncccc1S(=O)(=O)NC1CCCS(=O)(=O)C1. The number of anilines is 1. The van der Waals surface area contributed by atoms with Gasteiger partial charge in [-0.1, -0.05) is 0 Å². The molecule has 8 nitrogen and oxygen atoms in total. The van der Waals surface area contributed by atoms with Crippen molar-refractivity contribution in [3.8, 4) is 0 Å². The van der Waals surface area contributed by atoms with Crippen LogP contribution in [0.25, 0.3) is 0 Å². The standard InChI is InChI=1S/C10H16N4O4S2/c11-13-10-9(4-1-5-12-10)20(17,18)14-8-3-2-6-19(15,16)7-8/h1,4-5,8,14H,2-3,6-7,11H2,(H,12,13). The van der Waals surface area contributed by atoms with Gasteiger partial charge in [0.1, 0.15) is 4.90 Å². The van der Waals surface area contributed by atoms with Gasteiger partial charge in [0.15, 0.2) is 15.7 Å². The van der Waals surface area contributed by atoms with E-state index in [9.17, 15) is 16.8 Å². The highest BCUT2D eigenvalue weighted by atomic mass is 32.2. The zero-order chi connectivity index (χ0) is 14.8. The van der Waals surface area contributed by atoms with E-state index in [-0.39, 0.29) is 22.2 Å². The van der Waals surface area contributed by atoms with Crippen LogP contribution in [0.3, 0.4) is 0 Å². The first-order valence-electron chi connectivity index (χ1n) is 5.98. The minimum Gasteiger partial charge on any atom is -0.307 e. The lowest BCUT2D eigenvalue weighted by molar-refractivity contribution is 0.517. The fourth-order valence-corrected chi connectivity index (χ4v) is 5.25. The predicted molar refractivity (Wildman–Crippen MR) is 74.0 cm³/mol. The molecule has 1 aromatic rings. The molecule has 2 rings (SSSR count). The summed E-state index contributed by atoms with van der Waals surface area (Å²) in [7, 11) is -7.06. The molecule has 4 N–H and O–H groups in total. The number of aromatic nitrogens is 1. The second kappa shape index (κ2) is 5.64. The van der Waals surface area contributed by atoms with Crippen LogP contribution in [0.1, 0.15) is 12.8 Å². The third kappa shape index (κ3) is 3.45. The van der Waals surface area contributed by atoms with Crippen LogP contribution < -0.4 is 16.0 Å². The third-order valence-electron chi connectivity index (χ3n) is 2.98. The summed E-state index contributed by atoms with van der Waals surface area (Å²) in [5.74, 6) is 5.16. The van der Waals surface area contributed by atoms with Crippen molar-refractivity contribution in [2.45, 2.75) is 23.8 Å². The van der Waals surface area contributed by atoms with E-state index in [1.165, 1.54) is 18.3 Å². The fourth-order valence-electron chi connectivity index (χ4n) is 2.11. The van der Waals surface area contributed by atoms with E-state index in [2.05, 4.69) is 15.1 Å². The van der Waals surface area contributed by atoms with Crippen molar-refractivity contribution in [2.24, 2.45) is 5.84 Å². The van der Waals surface area contributed by atoms with Crippen molar-refractivity contribution < 1.29 is 16.8 Å². The highest BCUT2D eigenvalue weighted by Crippen LogP contribution is 2.19. The Bertz CT molecular complexity index is 687. The quantitative estimate of drug-likeness (QED) is 0.490. The normalized spacial score (nSPS) is 22.4. The lowest BCUT2D eigenvalue weighted by Crippen LogP contribution is -2.43. The first-order chi connectivity index (χ1) is 9.34. The number of rotatable bonds is 4. The third-order valence-corrected chi connectivity index (χ3v) is 6.35. The summed E-state index contributed by atoms with van der Waals surface area (Å²) in [6.07, 6.45) is 2.34. The number of hydrazine groups is 1. The fraction of sp³-hybridized carbons (Fsp3) is 0.500. The number of sulfonamides is 1. The summed E-state index contributed by atoms with van der Waals surface area (Å²) in [5.41, 5.74) is 2.21. The highest BCUT2D eigenvalue weighted by Gasteiger charge is 2.29. The molecule has 1 saturated heterocycles. The number of nitrogens with two attached hydrogens (primary N) is 1. The molecule has 0 aromatic carbocycles. The van der Waals surface area contributed by atoms with Gasteiger partial charge in [0.05, 0.1) is 11.5 Å². The Morgan fingerprint density at radius 2 is 2.15 bits per heavy atom. The van der Waals surface area contributed by atoms with Crippen molar-refractivity contribution in [3.05, 3.63) is 18.3 Å². The molecular formula is C10H16N4O4S2. The Balaban J connectivity index is 2.23. The molecule has 10 heteroatoms. The minimum absolute atomic E-state index is 0.0127. The molecule has 112 valence electrons. The number of hydrogen-bond acceptors (Lipinski definition) is 7. The number of nitrogens with zero attached hydrogens (tertiary/aromatic N) is 1. The summed E-state index contributed by atoms with van der Waals surface area (Å²) in [6, 6.07) is 2.19. The molecule has 1 fully saturated rings. The van der Waals surface area contributed by atoms with Crippen LogP contribution in [0.4, 0.5) is 5.82 Å². The number of hydrogen-bond donors (Lipinski definition) is 3. The van der Waals surface area contributed by atoms with Gasteiger partial charge in [0.2, 0.25) is 10.0 Å². The maximum Gasteiger partial charge on any atom is 0.244 e. The molecule has 0 spiro atoms. The van der Waals surface area contributed by atoms with Crippen LogP contribution in [0.2, 0.25) is 0 Å². The monoisotopic (exact) mass is 320 g/mol. The van der Waals surface area contributed by atoms with Crippen LogP contribution in [-0.2, 0) is 19.9 Å². The van der Waals surface area contributed by atoms with Crippen LogP contribution >= 0.6 is 0 Å². The van der Waals surface area contributed by atoms with Gasteiger partial charge < -0.3 is 5.43 Å². The zero-order valence-corrected chi connectivity index (χ0v) is 12.2. The summed E-state index contributed by atoms with van der Waals surface area (Å²) in [4.78, 5) is 3.71. The van der Waals surface area contributed by atoms with E-state index in [1.807, 2.05) is 0 Å². The molecule has 1 aliphatic heterocycles. The van der Waals surface area contributed by atoms with E-state index < -0.39 is 25.9 Å². The van der Waals surface area contributed by atoms with E-state index in [0.29, 0.717) is 12.8 Å². The van der Waals surface area contributed by atoms with Crippen molar-refractivity contribution in [3.63, 3.8) is 0 Å². The van der Waals surface area contributed by atoms with E-state index in [1.54, 1.807) is 0 Å². The summed E-state index contributed by atoms with van der Waals surface area (Å²) >= 11 is 0. The maximum absolute atomic E-state index is 12.2. The molecule has 0 radical (unpaired) electrons. The second-order valence-corrected chi connectivity index (χ2v) is 8.48. The number of nitrogens with one attached hydrogen (secondary N) is 2. The molecule has 1 aromatic heterocycles. The van der Waals surface area contributed by atoms with Gasteiger partial charge in [-0.15, -0.1) is 0 Å². The van der Waals surface area contributed by atoms with Crippen LogP contribution in [-0.4, -0.2) is 39.4 Å². The molecule has 0 amide bonds. The second-order valence-electron chi connectivity index (χ2n) is 4.57. The molecule has 0 bridgehead atoms. The van der Waals surface area contributed by atoms with Crippen LogP contribution in [0.15, 0.2) is 23.2 Å².